The first-order valence-corrected chi connectivity index (χ1v) is 5.83. The van der Waals surface area contributed by atoms with Crippen molar-refractivity contribution in [1.29, 1.82) is 0 Å². The van der Waals surface area contributed by atoms with Crippen molar-refractivity contribution >= 4 is 5.78 Å². The Morgan fingerprint density at radius 3 is 2.00 bits per heavy atom. The predicted molar refractivity (Wildman–Crippen MR) is 68.9 cm³/mol. The van der Waals surface area contributed by atoms with Gasteiger partial charge in [-0.1, -0.05) is 59.3 Å². The van der Waals surface area contributed by atoms with Gasteiger partial charge in [0.1, 0.15) is 0 Å². The largest absolute Gasteiger partial charge is 0.294 e. The van der Waals surface area contributed by atoms with Crippen molar-refractivity contribution in [2.45, 2.75) is 41.5 Å². The lowest BCUT2D eigenvalue weighted by atomic mass is 9.68. The zero-order chi connectivity index (χ0) is 12.7. The molecule has 0 aromatic rings. The lowest BCUT2D eigenvalue weighted by Gasteiger charge is -2.34. The van der Waals surface area contributed by atoms with Gasteiger partial charge in [-0.25, -0.2) is 0 Å². The topological polar surface area (TPSA) is 17.1 Å². The molecule has 0 N–H and O–H groups in total. The fraction of sp³-hybridized carbons (Fsp3) is 0.600. The van der Waals surface area contributed by atoms with Crippen LogP contribution in [0.2, 0.25) is 0 Å². The quantitative estimate of drug-likeness (QED) is 0.602. The van der Waals surface area contributed by atoms with Crippen LogP contribution >= 0.6 is 0 Å². The van der Waals surface area contributed by atoms with E-state index >= 15 is 0 Å². The van der Waals surface area contributed by atoms with Gasteiger partial charge in [-0.15, -0.1) is 0 Å². The summed E-state index contributed by atoms with van der Waals surface area (Å²) in [5, 5.41) is 0. The van der Waals surface area contributed by atoms with Gasteiger partial charge in [0, 0.05) is 11.5 Å². The van der Waals surface area contributed by atoms with Gasteiger partial charge in [0.2, 0.25) is 0 Å². The lowest BCUT2D eigenvalue weighted by molar-refractivity contribution is -0.121. The molecule has 89 valence electrons. The van der Waals surface area contributed by atoms with Crippen LogP contribution < -0.4 is 0 Å². The van der Waals surface area contributed by atoms with Gasteiger partial charge in [0.15, 0.2) is 5.78 Å². The first kappa shape index (κ1) is 13.2. The summed E-state index contributed by atoms with van der Waals surface area (Å²) >= 11 is 0. The lowest BCUT2D eigenvalue weighted by Crippen LogP contribution is -2.34. The van der Waals surface area contributed by atoms with Gasteiger partial charge >= 0.3 is 0 Å². The summed E-state index contributed by atoms with van der Waals surface area (Å²) in [6.07, 6.45) is 3.93. The molecule has 1 rings (SSSR count). The van der Waals surface area contributed by atoms with E-state index in [4.69, 9.17) is 0 Å². The van der Waals surface area contributed by atoms with E-state index in [0.29, 0.717) is 0 Å². The molecule has 1 unspecified atom stereocenters. The normalized spacial score (nSPS) is 22.9. The smallest absolute Gasteiger partial charge is 0.166 e. The number of carbonyl (C=O) groups excluding carboxylic acids is 1. The number of hydrogen-bond acceptors (Lipinski definition) is 1. The molecule has 1 heteroatoms. The maximum atomic E-state index is 12.4. The number of Topliss-reactive ketones (excluding diaryl/α,β-unsaturated/α-hetero) is 1. The van der Waals surface area contributed by atoms with E-state index in [-0.39, 0.29) is 22.5 Å². The summed E-state index contributed by atoms with van der Waals surface area (Å²) in [6.45, 7) is 16.5. The Hall–Kier alpha value is -0.850. The molecule has 0 amide bonds. The first-order chi connectivity index (χ1) is 7.03. The fourth-order valence-corrected chi connectivity index (χ4v) is 1.99. The van der Waals surface area contributed by atoms with Crippen LogP contribution in [-0.2, 0) is 4.79 Å². The molecular formula is C15H23O. The maximum Gasteiger partial charge on any atom is 0.166 e. The third-order valence-corrected chi connectivity index (χ3v) is 3.00. The Balaban J connectivity index is 3.19. The summed E-state index contributed by atoms with van der Waals surface area (Å²) in [6, 6.07) is 0. The molecule has 0 heterocycles. The second-order valence-corrected chi connectivity index (χ2v) is 6.76. The molecule has 0 aliphatic heterocycles. The van der Waals surface area contributed by atoms with Crippen molar-refractivity contribution < 1.29 is 4.79 Å². The van der Waals surface area contributed by atoms with E-state index < -0.39 is 0 Å². The zero-order valence-electron chi connectivity index (χ0n) is 11.3. The average molecular weight is 219 g/mol. The monoisotopic (exact) mass is 219 g/mol. The standard InChI is InChI=1S/C15H23O/c1-10-8-11(14(2,3)4)13(16)12(9-10)15(5,6)7/h8-9,11H,1H2,2-7H3. The molecule has 0 bridgehead atoms. The molecule has 0 fully saturated rings. The summed E-state index contributed by atoms with van der Waals surface area (Å²) in [7, 11) is 0. The van der Waals surface area contributed by atoms with Crippen molar-refractivity contribution in [2.24, 2.45) is 16.7 Å². The Labute approximate surface area is 99.6 Å². The van der Waals surface area contributed by atoms with E-state index in [2.05, 4.69) is 48.5 Å². The minimum absolute atomic E-state index is 0.0369. The van der Waals surface area contributed by atoms with Crippen LogP contribution in [0.3, 0.4) is 0 Å². The van der Waals surface area contributed by atoms with Gasteiger partial charge in [0.25, 0.3) is 0 Å². The molecule has 0 aromatic carbocycles. The molecule has 0 aromatic heterocycles. The average Bonchev–Trinajstić information content (AvgIpc) is 2.04. The molecule has 0 saturated carbocycles. The highest BCUT2D eigenvalue weighted by atomic mass is 16.1. The third-order valence-electron chi connectivity index (χ3n) is 3.00. The Bertz CT molecular complexity index is 356. The molecule has 1 atom stereocenters. The number of ketones is 1. The summed E-state index contributed by atoms with van der Waals surface area (Å²) in [5.41, 5.74) is 1.73. The van der Waals surface area contributed by atoms with Crippen LogP contribution in [0.1, 0.15) is 41.5 Å². The van der Waals surface area contributed by atoms with E-state index in [9.17, 15) is 4.79 Å². The second-order valence-electron chi connectivity index (χ2n) is 6.76. The minimum atomic E-state index is -0.0994. The Kier molecular flexibility index (Phi) is 3.20. The van der Waals surface area contributed by atoms with Crippen LogP contribution in [0.4, 0.5) is 0 Å². The van der Waals surface area contributed by atoms with E-state index in [0.717, 1.165) is 11.1 Å². The van der Waals surface area contributed by atoms with Crippen LogP contribution in [0.25, 0.3) is 0 Å². The minimum Gasteiger partial charge on any atom is -0.294 e. The molecule has 1 radical (unpaired) electrons. The maximum absolute atomic E-state index is 12.4. The highest BCUT2D eigenvalue weighted by Gasteiger charge is 2.36. The first-order valence-electron chi connectivity index (χ1n) is 5.83. The summed E-state index contributed by atoms with van der Waals surface area (Å²) < 4.78 is 0. The van der Waals surface area contributed by atoms with E-state index in [1.807, 2.05) is 12.2 Å². The Morgan fingerprint density at radius 1 is 1.12 bits per heavy atom. The summed E-state index contributed by atoms with van der Waals surface area (Å²) in [5.74, 6) is 0.214. The molecule has 0 saturated heterocycles. The van der Waals surface area contributed by atoms with Crippen molar-refractivity contribution in [2.75, 3.05) is 0 Å². The van der Waals surface area contributed by atoms with Crippen molar-refractivity contribution in [3.63, 3.8) is 0 Å². The van der Waals surface area contributed by atoms with Gasteiger partial charge in [-0.05, 0) is 17.8 Å². The van der Waals surface area contributed by atoms with Crippen LogP contribution in [0.5, 0.6) is 0 Å². The van der Waals surface area contributed by atoms with Crippen molar-refractivity contribution in [3.8, 4) is 0 Å². The van der Waals surface area contributed by atoms with Crippen LogP contribution in [0.15, 0.2) is 23.3 Å². The SMILES string of the molecule is [CH2]C1=CC(C(C)(C)C)C(=O)C(C(C)(C)C)=C1. The van der Waals surface area contributed by atoms with Gasteiger partial charge in [-0.3, -0.25) is 4.79 Å². The van der Waals surface area contributed by atoms with Crippen molar-refractivity contribution in [1.82, 2.24) is 0 Å². The number of rotatable bonds is 0. The van der Waals surface area contributed by atoms with E-state index in [1.165, 1.54) is 0 Å². The fourth-order valence-electron chi connectivity index (χ4n) is 1.99. The zero-order valence-corrected chi connectivity index (χ0v) is 11.3. The van der Waals surface area contributed by atoms with Gasteiger partial charge in [-0.2, -0.15) is 0 Å². The predicted octanol–water partition coefficient (Wildman–Crippen LogP) is 3.96. The molecule has 1 aliphatic rings. The van der Waals surface area contributed by atoms with E-state index in [1.54, 1.807) is 0 Å². The number of allylic oxidation sites excluding steroid dienone is 4. The highest BCUT2D eigenvalue weighted by Crippen LogP contribution is 2.39. The van der Waals surface area contributed by atoms with Crippen LogP contribution in [-0.4, -0.2) is 5.78 Å². The molecular weight excluding hydrogens is 196 g/mol. The molecule has 1 aliphatic carbocycles. The van der Waals surface area contributed by atoms with Gasteiger partial charge in [0.05, 0.1) is 0 Å². The van der Waals surface area contributed by atoms with Gasteiger partial charge < -0.3 is 0 Å². The number of carbonyl (C=O) groups is 1. The molecule has 0 spiro atoms. The van der Waals surface area contributed by atoms with Crippen molar-refractivity contribution in [3.05, 3.63) is 30.2 Å². The highest BCUT2D eigenvalue weighted by molar-refractivity contribution is 6.01. The Morgan fingerprint density at radius 2 is 1.62 bits per heavy atom. The number of hydrogen-bond donors (Lipinski definition) is 0. The third kappa shape index (κ3) is 2.63. The summed E-state index contributed by atoms with van der Waals surface area (Å²) in [4.78, 5) is 12.4. The molecule has 16 heavy (non-hydrogen) atoms. The second kappa shape index (κ2) is 3.87. The molecule has 1 nitrogen and oxygen atoms in total. The van der Waals surface area contributed by atoms with Crippen LogP contribution in [0, 0.1) is 23.7 Å².